The Morgan fingerprint density at radius 1 is 1.33 bits per heavy atom. The van der Waals surface area contributed by atoms with Gasteiger partial charge in [0.25, 0.3) is 0 Å². The average molecular weight is 268 g/mol. The zero-order chi connectivity index (χ0) is 13.2. The van der Waals surface area contributed by atoms with Crippen LogP contribution in [0.25, 0.3) is 0 Å². The largest absolute Gasteiger partial charge is 0.398 e. The smallest absolute Gasteiger partial charge is 0.0772 e. The molecule has 1 fully saturated rings. The molecule has 4 heteroatoms. The third-order valence-electron chi connectivity index (χ3n) is 4.05. The second kappa shape index (κ2) is 5.19. The number of nitrogen functional groups attached to an aromatic ring is 1. The predicted molar refractivity (Wildman–Crippen MR) is 77.6 cm³/mol. The van der Waals surface area contributed by atoms with Gasteiger partial charge in [0.15, 0.2) is 0 Å². The summed E-state index contributed by atoms with van der Waals surface area (Å²) < 4.78 is 0. The van der Waals surface area contributed by atoms with E-state index < -0.39 is 5.60 Å². The molecular formula is C14H24N2OS. The number of nitrogens with one attached hydrogen (secondary N) is 1. The highest BCUT2D eigenvalue weighted by molar-refractivity contribution is 7.10. The molecule has 0 radical (unpaired) electrons. The third-order valence-corrected chi connectivity index (χ3v) is 4.99. The molecule has 18 heavy (non-hydrogen) atoms. The number of hydrogen-bond acceptors (Lipinski definition) is 4. The van der Waals surface area contributed by atoms with Gasteiger partial charge in [0.2, 0.25) is 0 Å². The van der Waals surface area contributed by atoms with Crippen molar-refractivity contribution < 1.29 is 5.11 Å². The molecule has 0 amide bonds. The Labute approximate surface area is 113 Å². The Bertz CT molecular complexity index is 390. The Balaban J connectivity index is 1.78. The van der Waals surface area contributed by atoms with Gasteiger partial charge in [-0.15, -0.1) is 11.3 Å². The van der Waals surface area contributed by atoms with Gasteiger partial charge in [-0.3, -0.25) is 0 Å². The first-order valence-corrected chi connectivity index (χ1v) is 7.53. The van der Waals surface area contributed by atoms with E-state index in [9.17, 15) is 5.11 Å². The van der Waals surface area contributed by atoms with Gasteiger partial charge in [-0.1, -0.05) is 13.8 Å². The summed E-state index contributed by atoms with van der Waals surface area (Å²) in [4.78, 5) is 1.16. The van der Waals surface area contributed by atoms with Crippen LogP contribution in [0.1, 0.15) is 44.4 Å². The molecule has 1 aromatic rings. The monoisotopic (exact) mass is 268 g/mol. The maximum Gasteiger partial charge on any atom is 0.0772 e. The molecule has 0 aromatic carbocycles. The highest BCUT2D eigenvalue weighted by Gasteiger charge is 2.36. The first-order valence-electron chi connectivity index (χ1n) is 6.65. The van der Waals surface area contributed by atoms with Crippen LogP contribution in [0, 0.1) is 5.41 Å². The van der Waals surface area contributed by atoms with Crippen molar-refractivity contribution in [1.82, 2.24) is 5.32 Å². The van der Waals surface area contributed by atoms with Crippen LogP contribution in [0.4, 0.5) is 5.69 Å². The van der Waals surface area contributed by atoms with Crippen LogP contribution in [0.3, 0.4) is 0 Å². The minimum atomic E-state index is -0.526. The molecule has 1 aromatic heterocycles. The second-order valence-corrected chi connectivity index (χ2v) is 7.29. The normalized spacial score (nSPS) is 21.9. The fourth-order valence-electron chi connectivity index (χ4n) is 2.47. The Morgan fingerprint density at radius 2 is 2.00 bits per heavy atom. The number of hydrogen-bond donors (Lipinski definition) is 3. The summed E-state index contributed by atoms with van der Waals surface area (Å²) >= 11 is 1.67. The van der Waals surface area contributed by atoms with Crippen LogP contribution in [-0.4, -0.2) is 17.3 Å². The van der Waals surface area contributed by atoms with Gasteiger partial charge in [0, 0.05) is 23.7 Å². The highest BCUT2D eigenvalue weighted by atomic mass is 32.1. The maximum atomic E-state index is 10.5. The van der Waals surface area contributed by atoms with Gasteiger partial charge in [-0.2, -0.15) is 0 Å². The number of nitrogens with two attached hydrogens (primary N) is 1. The van der Waals surface area contributed by atoms with Crippen molar-refractivity contribution in [2.24, 2.45) is 5.41 Å². The lowest BCUT2D eigenvalue weighted by atomic mass is 9.71. The van der Waals surface area contributed by atoms with Crippen LogP contribution in [0.5, 0.6) is 0 Å². The van der Waals surface area contributed by atoms with Crippen LogP contribution in [0.2, 0.25) is 0 Å². The lowest BCUT2D eigenvalue weighted by molar-refractivity contribution is -0.0244. The van der Waals surface area contributed by atoms with Crippen molar-refractivity contribution >= 4 is 17.0 Å². The van der Waals surface area contributed by atoms with Crippen molar-refractivity contribution in [3.8, 4) is 0 Å². The number of thiophene rings is 1. The fraction of sp³-hybridized carbons (Fsp3) is 0.714. The van der Waals surface area contributed by atoms with E-state index in [2.05, 4.69) is 19.2 Å². The summed E-state index contributed by atoms with van der Waals surface area (Å²) in [5, 5.41) is 15.9. The predicted octanol–water partition coefficient (Wildman–Crippen LogP) is 2.75. The van der Waals surface area contributed by atoms with E-state index in [0.29, 0.717) is 12.0 Å². The molecule has 1 heterocycles. The van der Waals surface area contributed by atoms with Crippen molar-refractivity contribution in [2.75, 3.05) is 12.3 Å². The van der Waals surface area contributed by atoms with Crippen LogP contribution < -0.4 is 11.1 Å². The Kier molecular flexibility index (Phi) is 3.99. The van der Waals surface area contributed by atoms with Gasteiger partial charge in [0.1, 0.15) is 0 Å². The minimum absolute atomic E-state index is 0.393. The van der Waals surface area contributed by atoms with Gasteiger partial charge < -0.3 is 16.2 Å². The van der Waals surface area contributed by atoms with E-state index in [0.717, 1.165) is 42.8 Å². The Hall–Kier alpha value is -0.580. The summed E-state index contributed by atoms with van der Waals surface area (Å²) in [6.45, 7) is 5.99. The quantitative estimate of drug-likeness (QED) is 0.787. The van der Waals surface area contributed by atoms with Crippen molar-refractivity contribution in [3.63, 3.8) is 0 Å². The maximum absolute atomic E-state index is 10.5. The van der Waals surface area contributed by atoms with Gasteiger partial charge in [-0.25, -0.2) is 0 Å². The molecule has 0 spiro atoms. The van der Waals surface area contributed by atoms with Crippen LogP contribution >= 0.6 is 11.3 Å². The zero-order valence-corrected chi connectivity index (χ0v) is 12.1. The minimum Gasteiger partial charge on any atom is -0.398 e. The molecule has 0 bridgehead atoms. The van der Waals surface area contributed by atoms with E-state index in [1.54, 1.807) is 11.3 Å². The molecule has 1 saturated carbocycles. The molecule has 1 aliphatic carbocycles. The summed E-state index contributed by atoms with van der Waals surface area (Å²) in [7, 11) is 0. The molecule has 0 atom stereocenters. The lowest BCUT2D eigenvalue weighted by Gasteiger charge is -2.40. The number of aliphatic hydroxyl groups is 1. The number of anilines is 1. The van der Waals surface area contributed by atoms with Crippen molar-refractivity contribution in [2.45, 2.75) is 51.7 Å². The summed E-state index contributed by atoms with van der Waals surface area (Å²) in [6, 6.07) is 1.93. The number of rotatable bonds is 4. The fourth-order valence-corrected chi connectivity index (χ4v) is 3.24. The second-order valence-electron chi connectivity index (χ2n) is 6.29. The van der Waals surface area contributed by atoms with Gasteiger partial charge in [-0.05, 0) is 42.5 Å². The molecule has 102 valence electrons. The van der Waals surface area contributed by atoms with Gasteiger partial charge >= 0.3 is 0 Å². The van der Waals surface area contributed by atoms with E-state index in [-0.39, 0.29) is 0 Å². The summed E-state index contributed by atoms with van der Waals surface area (Å²) in [5.41, 5.74) is 6.55. The lowest BCUT2D eigenvalue weighted by Crippen LogP contribution is -2.44. The van der Waals surface area contributed by atoms with E-state index >= 15 is 0 Å². The van der Waals surface area contributed by atoms with E-state index in [1.807, 2.05) is 11.4 Å². The molecule has 1 aliphatic rings. The highest BCUT2D eigenvalue weighted by Crippen LogP contribution is 2.39. The first kappa shape index (κ1) is 13.8. The van der Waals surface area contributed by atoms with E-state index in [4.69, 9.17) is 5.73 Å². The molecule has 4 N–H and O–H groups in total. The van der Waals surface area contributed by atoms with Gasteiger partial charge in [0.05, 0.1) is 5.60 Å². The van der Waals surface area contributed by atoms with Crippen LogP contribution in [0.15, 0.2) is 11.4 Å². The topological polar surface area (TPSA) is 58.3 Å². The molecule has 0 aliphatic heterocycles. The summed E-state index contributed by atoms with van der Waals surface area (Å²) in [6.07, 6.45) is 4.00. The SMILES string of the molecule is CC1(C)CCC(O)(CNCc2sccc2N)CC1. The average Bonchev–Trinajstić information content (AvgIpc) is 2.70. The third kappa shape index (κ3) is 3.46. The first-order chi connectivity index (χ1) is 8.40. The molecule has 0 saturated heterocycles. The standard InChI is InChI=1S/C14H24N2OS/c1-13(2)4-6-14(17,7-5-13)10-16-9-12-11(15)3-8-18-12/h3,8,16-17H,4-7,9-10,15H2,1-2H3. The zero-order valence-electron chi connectivity index (χ0n) is 11.3. The van der Waals surface area contributed by atoms with Crippen LogP contribution in [-0.2, 0) is 6.54 Å². The Morgan fingerprint density at radius 3 is 2.56 bits per heavy atom. The van der Waals surface area contributed by atoms with E-state index in [1.165, 1.54) is 0 Å². The summed E-state index contributed by atoms with van der Waals surface area (Å²) in [5.74, 6) is 0. The molecule has 0 unspecified atom stereocenters. The van der Waals surface area contributed by atoms with Crippen molar-refractivity contribution in [1.29, 1.82) is 0 Å². The van der Waals surface area contributed by atoms with Crippen molar-refractivity contribution in [3.05, 3.63) is 16.3 Å². The molecular weight excluding hydrogens is 244 g/mol. The molecule has 3 nitrogen and oxygen atoms in total. The molecule has 2 rings (SSSR count).